The zero-order chi connectivity index (χ0) is 37.0. The zero-order valence-corrected chi connectivity index (χ0v) is 31.9. The molecule has 0 radical (unpaired) electrons. The van der Waals surface area contributed by atoms with Crippen LogP contribution in [-0.4, -0.2) is 78.1 Å². The normalized spacial score (nSPS) is 18.3. The summed E-state index contributed by atoms with van der Waals surface area (Å²) >= 11 is 0. The number of benzene rings is 2. The second kappa shape index (κ2) is 14.1. The van der Waals surface area contributed by atoms with Crippen molar-refractivity contribution in [1.29, 1.82) is 0 Å². The minimum atomic E-state index is -3.84. The van der Waals surface area contributed by atoms with E-state index in [-0.39, 0.29) is 17.5 Å². The van der Waals surface area contributed by atoms with Gasteiger partial charge >= 0.3 is 0 Å². The van der Waals surface area contributed by atoms with Gasteiger partial charge < -0.3 is 18.9 Å². The number of allylic oxidation sites excluding steroid dienone is 1. The molecule has 2 aliphatic carbocycles. The Morgan fingerprint density at radius 3 is 2.40 bits per heavy atom. The first-order valence-electron chi connectivity index (χ1n) is 19.1. The highest BCUT2D eigenvalue weighted by Crippen LogP contribution is 2.48. The summed E-state index contributed by atoms with van der Waals surface area (Å²) in [4.78, 5) is 29.9. The van der Waals surface area contributed by atoms with Gasteiger partial charge in [-0.3, -0.25) is 14.3 Å². The van der Waals surface area contributed by atoms with Crippen LogP contribution in [0.15, 0.2) is 36.4 Å². The number of sulfonamides is 1. The van der Waals surface area contributed by atoms with Crippen molar-refractivity contribution in [3.63, 3.8) is 0 Å². The molecule has 1 N–H and O–H groups in total. The fourth-order valence-corrected chi connectivity index (χ4v) is 9.18. The van der Waals surface area contributed by atoms with E-state index in [9.17, 15) is 18.0 Å². The summed E-state index contributed by atoms with van der Waals surface area (Å²) in [5, 5.41) is 5.39. The first-order chi connectivity index (χ1) is 25.6. The molecule has 4 heterocycles. The summed E-state index contributed by atoms with van der Waals surface area (Å²) in [6.07, 6.45) is 11.0. The van der Waals surface area contributed by atoms with E-state index in [1.54, 1.807) is 27.0 Å². The van der Waals surface area contributed by atoms with Gasteiger partial charge in [-0.25, -0.2) is 13.1 Å². The molecule has 0 unspecified atom stereocenters. The number of nitrogens with zero attached hydrogens (tertiary/aromatic N) is 4. The number of rotatable bonds is 8. The molecule has 2 aromatic carbocycles. The largest absolute Gasteiger partial charge is 0.497 e. The highest BCUT2D eigenvalue weighted by molar-refractivity contribution is 7.90. The van der Waals surface area contributed by atoms with Crippen molar-refractivity contribution in [3.05, 3.63) is 70.0 Å². The molecular weight excluding hydrogens is 691 g/mol. The first-order valence-corrected chi connectivity index (χ1v) is 20.7. The molecule has 1 saturated heterocycles. The highest BCUT2D eigenvalue weighted by atomic mass is 32.2. The molecule has 2 aliphatic heterocycles. The van der Waals surface area contributed by atoms with Crippen molar-refractivity contribution in [1.82, 2.24) is 24.0 Å². The SMILES string of the molecule is COc1ccc2c(c1)C=C(c1c(C(=O)N3CCOCC3)c(C)nn1C1CCC1)Cn1c-2c(C2CCCCC2)c2ccc(C(=O)NS(=O)(=O)C(C)C)cc21. The summed E-state index contributed by atoms with van der Waals surface area (Å²) < 4.78 is 43.6. The maximum atomic E-state index is 14.5. The quantitative estimate of drug-likeness (QED) is 0.205. The third-order valence-electron chi connectivity index (χ3n) is 11.7. The molecule has 12 heteroatoms. The standard InChI is InChI=1S/C41H49N5O6S/c1-25(2)53(49,50)43-40(47)28-13-15-34-35(23-28)45-24-30(21-29-22-32(51-4)14-16-33(29)39(45)37(34)27-9-6-5-7-10-27)38-36(41(48)44-17-19-52-20-18-44)26(3)42-46(38)31-11-8-12-31/h13-16,21-23,25,27,31H,5-12,17-20,24H2,1-4H3,(H,43,47). The van der Waals surface area contributed by atoms with Crippen molar-refractivity contribution in [2.45, 2.75) is 95.9 Å². The van der Waals surface area contributed by atoms with Crippen LogP contribution in [0.5, 0.6) is 5.75 Å². The van der Waals surface area contributed by atoms with E-state index in [0.717, 1.165) is 89.7 Å². The number of nitrogens with one attached hydrogen (secondary N) is 1. The molecule has 0 spiro atoms. The van der Waals surface area contributed by atoms with Gasteiger partial charge in [-0.1, -0.05) is 25.3 Å². The summed E-state index contributed by atoms with van der Waals surface area (Å²) in [6, 6.07) is 12.0. The lowest BCUT2D eigenvalue weighted by Crippen LogP contribution is -2.41. The van der Waals surface area contributed by atoms with Crippen molar-refractivity contribution >= 4 is 44.4 Å². The Balaban J connectivity index is 1.37. The molecule has 2 aromatic heterocycles. The number of methoxy groups -OCH3 is 1. The smallest absolute Gasteiger partial charge is 0.264 e. The van der Waals surface area contributed by atoms with Crippen molar-refractivity contribution in [3.8, 4) is 17.0 Å². The van der Waals surface area contributed by atoms with E-state index < -0.39 is 21.2 Å². The molecule has 4 aliphatic rings. The number of amides is 2. The summed E-state index contributed by atoms with van der Waals surface area (Å²) in [5.74, 6) is 0.373. The van der Waals surface area contributed by atoms with Gasteiger partial charge in [-0.05, 0) is 112 Å². The van der Waals surface area contributed by atoms with Crippen LogP contribution in [0.4, 0.5) is 0 Å². The molecule has 8 rings (SSSR count). The van der Waals surface area contributed by atoms with E-state index in [0.29, 0.717) is 50.0 Å². The third kappa shape index (κ3) is 6.37. The number of hydrogen-bond acceptors (Lipinski definition) is 7. The molecule has 0 atom stereocenters. The minimum Gasteiger partial charge on any atom is -0.497 e. The average molecular weight is 740 g/mol. The number of carbonyl (C=O) groups excluding carboxylic acids is 2. The van der Waals surface area contributed by atoms with E-state index in [1.165, 1.54) is 12.0 Å². The summed E-state index contributed by atoms with van der Waals surface area (Å²) in [7, 11) is -2.16. The van der Waals surface area contributed by atoms with Crippen LogP contribution in [0, 0.1) is 6.92 Å². The summed E-state index contributed by atoms with van der Waals surface area (Å²) in [6.45, 7) is 7.53. The fourth-order valence-electron chi connectivity index (χ4n) is 8.56. The Bertz CT molecular complexity index is 2230. The van der Waals surface area contributed by atoms with Gasteiger partial charge in [0.05, 0.1) is 60.8 Å². The van der Waals surface area contributed by atoms with Crippen LogP contribution >= 0.6 is 0 Å². The van der Waals surface area contributed by atoms with Crippen LogP contribution in [-0.2, 0) is 21.3 Å². The third-order valence-corrected chi connectivity index (χ3v) is 13.4. The van der Waals surface area contributed by atoms with Crippen molar-refractivity contribution in [2.24, 2.45) is 0 Å². The Hall–Kier alpha value is -4.42. The minimum absolute atomic E-state index is 0.0341. The first kappa shape index (κ1) is 35.6. The second-order valence-electron chi connectivity index (χ2n) is 15.3. The van der Waals surface area contributed by atoms with Gasteiger partial charge in [0.25, 0.3) is 11.8 Å². The van der Waals surface area contributed by atoms with E-state index in [4.69, 9.17) is 14.6 Å². The van der Waals surface area contributed by atoms with Gasteiger partial charge in [-0.2, -0.15) is 5.10 Å². The number of aromatic nitrogens is 3. The Kier molecular flexibility index (Phi) is 9.47. The van der Waals surface area contributed by atoms with Gasteiger partial charge in [0, 0.05) is 35.1 Å². The Morgan fingerprint density at radius 1 is 0.962 bits per heavy atom. The lowest BCUT2D eigenvalue weighted by atomic mass is 9.81. The van der Waals surface area contributed by atoms with Crippen LogP contribution in [0.25, 0.3) is 33.8 Å². The highest BCUT2D eigenvalue weighted by Gasteiger charge is 2.36. The molecule has 2 saturated carbocycles. The van der Waals surface area contributed by atoms with Gasteiger partial charge in [-0.15, -0.1) is 0 Å². The number of morpholine rings is 1. The lowest BCUT2D eigenvalue weighted by Gasteiger charge is -2.30. The maximum Gasteiger partial charge on any atom is 0.264 e. The van der Waals surface area contributed by atoms with Crippen LogP contribution in [0.3, 0.4) is 0 Å². The van der Waals surface area contributed by atoms with E-state index in [2.05, 4.69) is 32.2 Å². The molecule has 2 amide bonds. The average Bonchev–Trinajstić information content (AvgIpc) is 3.57. The van der Waals surface area contributed by atoms with Crippen molar-refractivity contribution < 1.29 is 27.5 Å². The number of aryl methyl sites for hydroxylation is 1. The molecular formula is C41H49N5O6S. The van der Waals surface area contributed by atoms with E-state index >= 15 is 0 Å². The molecule has 53 heavy (non-hydrogen) atoms. The monoisotopic (exact) mass is 739 g/mol. The molecule has 0 bridgehead atoms. The predicted molar refractivity (Wildman–Crippen MR) is 206 cm³/mol. The number of hydrogen-bond donors (Lipinski definition) is 1. The van der Waals surface area contributed by atoms with Crippen LogP contribution in [0.1, 0.15) is 120 Å². The Labute approximate surface area is 311 Å². The van der Waals surface area contributed by atoms with Gasteiger partial charge in [0.1, 0.15) is 5.75 Å². The maximum absolute atomic E-state index is 14.5. The molecule has 11 nitrogen and oxygen atoms in total. The van der Waals surface area contributed by atoms with Gasteiger partial charge in [0.15, 0.2) is 0 Å². The lowest BCUT2D eigenvalue weighted by molar-refractivity contribution is 0.0302. The van der Waals surface area contributed by atoms with Crippen LogP contribution in [0.2, 0.25) is 0 Å². The second-order valence-corrected chi connectivity index (χ2v) is 17.5. The number of fused-ring (bicyclic) bond motifs is 5. The predicted octanol–water partition coefficient (Wildman–Crippen LogP) is 7.09. The number of ether oxygens (including phenoxy) is 2. The summed E-state index contributed by atoms with van der Waals surface area (Å²) in [5.41, 5.74) is 8.66. The zero-order valence-electron chi connectivity index (χ0n) is 31.1. The van der Waals surface area contributed by atoms with Gasteiger partial charge in [0.2, 0.25) is 10.0 Å². The number of carbonyl (C=O) groups is 2. The van der Waals surface area contributed by atoms with Crippen LogP contribution < -0.4 is 9.46 Å². The Morgan fingerprint density at radius 2 is 1.72 bits per heavy atom. The molecule has 3 fully saturated rings. The van der Waals surface area contributed by atoms with Crippen molar-refractivity contribution in [2.75, 3.05) is 33.4 Å². The fraction of sp³-hybridized carbons (Fsp3) is 0.488. The molecule has 280 valence electrons. The van der Waals surface area contributed by atoms with E-state index in [1.807, 2.05) is 30.0 Å². The molecule has 4 aromatic rings. The topological polar surface area (TPSA) is 125 Å².